The molecule has 0 spiro atoms. The SMILES string of the molecule is CC(=O)C(=[NH2+])c1cc(OC(C)c2ncccn2)ccc1NCC(=O)N1CCC[C@H]1C(=O)NC[C@H]1CC1(Cl)Cl. The molecule has 1 saturated carbocycles. The van der Waals surface area contributed by atoms with Crippen molar-refractivity contribution >= 4 is 52.2 Å². The lowest BCUT2D eigenvalue weighted by atomic mass is 10.0. The lowest BCUT2D eigenvalue weighted by Gasteiger charge is -2.24. The molecule has 10 nitrogen and oxygen atoms in total. The molecule has 2 aliphatic rings. The van der Waals surface area contributed by atoms with Crippen LogP contribution < -0.4 is 20.8 Å². The van der Waals surface area contributed by atoms with Crippen LogP contribution in [0.25, 0.3) is 0 Å². The number of hydrogen-bond acceptors (Lipinski definition) is 7. The van der Waals surface area contributed by atoms with Gasteiger partial charge in [-0.25, -0.2) is 9.97 Å². The van der Waals surface area contributed by atoms with Gasteiger partial charge in [0.1, 0.15) is 16.1 Å². The number of rotatable bonds is 11. The molecule has 1 saturated heterocycles. The molecule has 2 heterocycles. The van der Waals surface area contributed by atoms with Crippen molar-refractivity contribution < 1.29 is 24.5 Å². The lowest BCUT2D eigenvalue weighted by Crippen LogP contribution is -2.48. The average Bonchev–Trinajstić information content (AvgIpc) is 3.26. The van der Waals surface area contributed by atoms with Crippen molar-refractivity contribution in [2.75, 3.05) is 25.0 Å². The Kier molecular flexibility index (Phi) is 8.52. The van der Waals surface area contributed by atoms with E-state index >= 15 is 0 Å². The van der Waals surface area contributed by atoms with Crippen LogP contribution >= 0.6 is 23.2 Å². The minimum absolute atomic E-state index is 0.0265. The number of nitrogens with one attached hydrogen (secondary N) is 2. The number of carbonyl (C=O) groups is 3. The number of nitrogens with two attached hydrogens (primary N) is 1. The molecule has 2 amide bonds. The fraction of sp³-hybridized carbons (Fsp3) is 0.462. The third kappa shape index (κ3) is 6.60. The maximum atomic E-state index is 13.1. The maximum Gasteiger partial charge on any atom is 0.249 e. The molecule has 202 valence electrons. The molecule has 1 aliphatic heterocycles. The summed E-state index contributed by atoms with van der Waals surface area (Å²) in [5, 5.41) is 12.0. The Hall–Kier alpha value is -3.24. The zero-order valence-electron chi connectivity index (χ0n) is 21.2. The zero-order valence-corrected chi connectivity index (χ0v) is 22.8. The van der Waals surface area contributed by atoms with Crippen molar-refractivity contribution in [2.45, 2.75) is 49.6 Å². The van der Waals surface area contributed by atoms with E-state index in [4.69, 9.17) is 33.3 Å². The van der Waals surface area contributed by atoms with Gasteiger partial charge >= 0.3 is 0 Å². The summed E-state index contributed by atoms with van der Waals surface area (Å²) < 4.78 is 5.19. The lowest BCUT2D eigenvalue weighted by molar-refractivity contribution is -0.137. The smallest absolute Gasteiger partial charge is 0.249 e. The second kappa shape index (κ2) is 11.7. The average molecular weight is 562 g/mol. The Bertz CT molecular complexity index is 1230. The van der Waals surface area contributed by atoms with Gasteiger partial charge in [0, 0.05) is 44.0 Å². The summed E-state index contributed by atoms with van der Waals surface area (Å²) >= 11 is 12.1. The third-order valence-electron chi connectivity index (χ3n) is 6.71. The van der Waals surface area contributed by atoms with Crippen molar-refractivity contribution in [1.29, 1.82) is 0 Å². The molecule has 1 aromatic heterocycles. The number of alkyl halides is 2. The maximum absolute atomic E-state index is 13.1. The molecular formula is C26H31Cl2N6O4+. The van der Waals surface area contributed by atoms with Crippen molar-refractivity contribution in [3.05, 3.63) is 48.0 Å². The molecule has 1 aliphatic carbocycles. The molecule has 3 atom stereocenters. The molecule has 4 rings (SSSR count). The summed E-state index contributed by atoms with van der Waals surface area (Å²) in [5.74, 6) is 0.238. The van der Waals surface area contributed by atoms with Crippen LogP contribution in [0.2, 0.25) is 0 Å². The van der Waals surface area contributed by atoms with Crippen LogP contribution in [-0.4, -0.2) is 68.2 Å². The first-order chi connectivity index (χ1) is 18.1. The van der Waals surface area contributed by atoms with Crippen molar-refractivity contribution in [3.63, 3.8) is 0 Å². The first-order valence-corrected chi connectivity index (χ1v) is 13.2. The number of amides is 2. The summed E-state index contributed by atoms with van der Waals surface area (Å²) in [6.07, 6.45) is 4.77. The second-order valence-corrected chi connectivity index (χ2v) is 11.1. The van der Waals surface area contributed by atoms with Gasteiger partial charge in [0.05, 0.1) is 12.1 Å². The largest absolute Gasteiger partial charge is 0.483 e. The van der Waals surface area contributed by atoms with Crippen LogP contribution in [-0.2, 0) is 14.4 Å². The number of nitrogens with zero attached hydrogens (tertiary/aromatic N) is 3. The van der Waals surface area contributed by atoms with Gasteiger partial charge in [0.2, 0.25) is 23.3 Å². The number of likely N-dealkylation sites (tertiary alicyclic amines) is 1. The van der Waals surface area contributed by atoms with Crippen molar-refractivity contribution in [3.8, 4) is 5.75 Å². The highest BCUT2D eigenvalue weighted by atomic mass is 35.5. The molecule has 38 heavy (non-hydrogen) atoms. The van der Waals surface area contributed by atoms with Gasteiger partial charge in [-0.15, -0.1) is 23.2 Å². The highest BCUT2D eigenvalue weighted by molar-refractivity contribution is 6.50. The number of aromatic nitrogens is 2. The normalized spacial score (nSPS) is 20.4. The first kappa shape index (κ1) is 27.8. The minimum atomic E-state index is -0.771. The van der Waals surface area contributed by atoms with E-state index in [0.29, 0.717) is 48.8 Å². The highest BCUT2D eigenvalue weighted by Crippen LogP contribution is 2.52. The fourth-order valence-electron chi connectivity index (χ4n) is 4.38. The Morgan fingerprint density at radius 1 is 1.26 bits per heavy atom. The van der Waals surface area contributed by atoms with Gasteiger partial charge in [0.15, 0.2) is 11.9 Å². The van der Waals surface area contributed by atoms with Crippen LogP contribution in [0.5, 0.6) is 5.75 Å². The molecule has 0 radical (unpaired) electrons. The predicted molar refractivity (Wildman–Crippen MR) is 143 cm³/mol. The second-order valence-electron chi connectivity index (χ2n) is 9.55. The van der Waals surface area contributed by atoms with Crippen LogP contribution in [0.4, 0.5) is 5.69 Å². The number of halogens is 2. The number of benzene rings is 1. The summed E-state index contributed by atoms with van der Waals surface area (Å²) in [6, 6.07) is 6.21. The highest BCUT2D eigenvalue weighted by Gasteiger charge is 2.51. The number of hydrogen-bond donors (Lipinski definition) is 3. The number of Topliss-reactive ketones (excluding diaryl/α,β-unsaturated/α-hetero) is 1. The summed E-state index contributed by atoms with van der Waals surface area (Å²) in [4.78, 5) is 47.9. The molecule has 1 unspecified atom stereocenters. The first-order valence-electron chi connectivity index (χ1n) is 12.5. The van der Waals surface area contributed by atoms with E-state index in [1.165, 1.54) is 6.92 Å². The monoisotopic (exact) mass is 561 g/mol. The van der Waals surface area contributed by atoms with Crippen molar-refractivity contribution in [2.24, 2.45) is 5.92 Å². The van der Waals surface area contributed by atoms with Gasteiger partial charge in [-0.05, 0) is 50.5 Å². The van der Waals surface area contributed by atoms with E-state index in [-0.39, 0.29) is 35.8 Å². The van der Waals surface area contributed by atoms with Gasteiger partial charge in [-0.3, -0.25) is 19.8 Å². The van der Waals surface area contributed by atoms with Gasteiger partial charge in [0.25, 0.3) is 0 Å². The fourth-order valence-corrected chi connectivity index (χ4v) is 4.91. The van der Waals surface area contributed by atoms with E-state index in [9.17, 15) is 14.4 Å². The van der Waals surface area contributed by atoms with E-state index < -0.39 is 16.5 Å². The molecule has 2 fully saturated rings. The number of anilines is 1. The summed E-state index contributed by atoms with van der Waals surface area (Å²) in [7, 11) is 0. The number of ether oxygens (including phenoxy) is 1. The molecule has 4 N–H and O–H groups in total. The van der Waals surface area contributed by atoms with Gasteiger partial charge in [-0.2, -0.15) is 0 Å². The van der Waals surface area contributed by atoms with E-state index in [2.05, 4.69) is 20.6 Å². The Balaban J connectivity index is 1.40. The molecule has 2 aromatic rings. The minimum Gasteiger partial charge on any atom is -0.483 e. The molecule has 12 heteroatoms. The van der Waals surface area contributed by atoms with E-state index in [1.54, 1.807) is 41.6 Å². The van der Waals surface area contributed by atoms with Crippen LogP contribution in [0.15, 0.2) is 36.7 Å². The quantitative estimate of drug-likeness (QED) is 0.279. The predicted octanol–water partition coefficient (Wildman–Crippen LogP) is 1.47. The van der Waals surface area contributed by atoms with Gasteiger partial charge in [-0.1, -0.05) is 0 Å². The van der Waals surface area contributed by atoms with Crippen LogP contribution in [0.1, 0.15) is 50.6 Å². The van der Waals surface area contributed by atoms with E-state index in [1.807, 2.05) is 6.92 Å². The molecule has 0 bridgehead atoms. The van der Waals surface area contributed by atoms with Crippen molar-refractivity contribution in [1.82, 2.24) is 20.2 Å². The molecule has 1 aromatic carbocycles. The Labute approximate surface area is 231 Å². The van der Waals surface area contributed by atoms with Crippen LogP contribution in [0.3, 0.4) is 0 Å². The van der Waals surface area contributed by atoms with Gasteiger partial charge < -0.3 is 20.3 Å². The number of carbonyl (C=O) groups excluding carboxylic acids is 3. The van der Waals surface area contributed by atoms with Crippen LogP contribution in [0, 0.1) is 5.92 Å². The Morgan fingerprint density at radius 2 is 1.97 bits per heavy atom. The standard InChI is InChI=1S/C26H30Cl2N6O4/c1-15(35)23(29)19-11-18(38-16(2)24-30-8-4-9-31-24)6-7-20(19)32-14-22(36)34-10-3-5-21(34)25(37)33-13-17-12-26(17,27)28/h4,6-9,11,16-17,21,29,32H,3,5,10,12-14H2,1-2H3,(H,33,37)/p+1/t16?,17-,21+/m1/s1. The number of ketones is 1. The third-order valence-corrected chi connectivity index (χ3v) is 7.63. The zero-order chi connectivity index (χ0) is 27.4. The topological polar surface area (TPSA) is 139 Å². The summed E-state index contributed by atoms with van der Waals surface area (Å²) in [5.41, 5.74) is 0.938. The van der Waals surface area contributed by atoms with E-state index in [0.717, 1.165) is 6.42 Å². The Morgan fingerprint density at radius 3 is 2.63 bits per heavy atom. The summed E-state index contributed by atoms with van der Waals surface area (Å²) in [6.45, 7) is 3.97. The molecular weight excluding hydrogens is 531 g/mol.